The molecule has 6 nitrogen and oxygen atoms in total. The van der Waals surface area contributed by atoms with Crippen LogP contribution in [0.4, 0.5) is 5.69 Å². The van der Waals surface area contributed by atoms with Gasteiger partial charge < -0.3 is 15.9 Å². The molecule has 1 aliphatic carbocycles. The van der Waals surface area contributed by atoms with E-state index in [1.807, 2.05) is 0 Å². The molecule has 1 aliphatic heterocycles. The summed E-state index contributed by atoms with van der Waals surface area (Å²) in [6, 6.07) is 7.39. The number of aromatic nitrogens is 1. The average molecular weight is 255 g/mol. The first-order valence-corrected chi connectivity index (χ1v) is 5.48. The van der Waals surface area contributed by atoms with Gasteiger partial charge in [-0.2, -0.15) is 0 Å². The zero-order chi connectivity index (χ0) is 13.6. The highest BCUT2D eigenvalue weighted by atomic mass is 16.3. The van der Waals surface area contributed by atoms with E-state index in [1.54, 1.807) is 6.07 Å². The maximum absolute atomic E-state index is 11.4. The van der Waals surface area contributed by atoms with E-state index in [0.29, 0.717) is 28.1 Å². The number of primary amides is 1. The first-order chi connectivity index (χ1) is 9.04. The summed E-state index contributed by atoms with van der Waals surface area (Å²) in [6.07, 6.45) is 0. The van der Waals surface area contributed by atoms with Crippen molar-refractivity contribution in [3.05, 3.63) is 46.1 Å². The fourth-order valence-electron chi connectivity index (χ4n) is 1.83. The van der Waals surface area contributed by atoms with Crippen LogP contribution in [0.3, 0.4) is 0 Å². The molecule has 3 rings (SSSR count). The minimum atomic E-state index is -0.543. The number of nitrogens with two attached hydrogens (primary N) is 2. The van der Waals surface area contributed by atoms with Crippen LogP contribution in [-0.4, -0.2) is 10.9 Å². The third-order valence-corrected chi connectivity index (χ3v) is 2.80. The average Bonchev–Trinajstić information content (AvgIpc) is 2.37. The molecule has 19 heavy (non-hydrogen) atoms. The van der Waals surface area contributed by atoms with Gasteiger partial charge in [-0.3, -0.25) is 9.59 Å². The Bertz CT molecular complexity index is 838. The van der Waals surface area contributed by atoms with Gasteiger partial charge in [0.25, 0.3) is 0 Å². The molecule has 6 heteroatoms. The van der Waals surface area contributed by atoms with E-state index in [9.17, 15) is 9.59 Å². The highest BCUT2D eigenvalue weighted by molar-refractivity contribution is 5.96. The van der Waals surface area contributed by atoms with Crippen molar-refractivity contribution in [3.63, 3.8) is 0 Å². The van der Waals surface area contributed by atoms with Crippen LogP contribution >= 0.6 is 0 Å². The second kappa shape index (κ2) is 3.81. The molecule has 94 valence electrons. The Morgan fingerprint density at radius 3 is 2.74 bits per heavy atom. The number of hydrogen-bond acceptors (Lipinski definition) is 5. The Morgan fingerprint density at radius 2 is 2.00 bits per heavy atom. The maximum atomic E-state index is 11.4. The van der Waals surface area contributed by atoms with Gasteiger partial charge in [-0.25, -0.2) is 4.98 Å². The Hall–Kier alpha value is -2.89. The third kappa shape index (κ3) is 1.79. The SMILES string of the molecule is NC(=O)c1ccc2oc3cc(=O)c(N)cc-3nc2c1. The Kier molecular flexibility index (Phi) is 2.25. The number of nitrogen functional groups attached to an aromatic ring is 1. The normalized spacial score (nSPS) is 10.9. The number of anilines is 1. The second-order valence-corrected chi connectivity index (χ2v) is 4.12. The molecule has 0 unspecified atom stereocenters. The summed E-state index contributed by atoms with van der Waals surface area (Å²) in [5.41, 5.74) is 12.2. The van der Waals surface area contributed by atoms with Crippen LogP contribution in [0, 0.1) is 0 Å². The Balaban J connectivity index is 2.36. The molecule has 0 aromatic heterocycles. The van der Waals surface area contributed by atoms with Crippen molar-refractivity contribution < 1.29 is 9.21 Å². The van der Waals surface area contributed by atoms with Crippen LogP contribution in [0.15, 0.2) is 39.5 Å². The van der Waals surface area contributed by atoms with E-state index in [4.69, 9.17) is 15.9 Å². The van der Waals surface area contributed by atoms with Gasteiger partial charge in [-0.15, -0.1) is 0 Å². The van der Waals surface area contributed by atoms with Gasteiger partial charge >= 0.3 is 0 Å². The smallest absolute Gasteiger partial charge is 0.248 e. The predicted octanol–water partition coefficient (Wildman–Crippen LogP) is 0.974. The molecule has 0 spiro atoms. The van der Waals surface area contributed by atoms with Crippen molar-refractivity contribution in [3.8, 4) is 11.5 Å². The fraction of sp³-hybridized carbons (Fsp3) is 0. The lowest BCUT2D eigenvalue weighted by molar-refractivity contribution is 0.100. The second-order valence-electron chi connectivity index (χ2n) is 4.12. The number of fused-ring (bicyclic) bond motifs is 2. The highest BCUT2D eigenvalue weighted by Crippen LogP contribution is 2.25. The third-order valence-electron chi connectivity index (χ3n) is 2.80. The van der Waals surface area contributed by atoms with Crippen molar-refractivity contribution in [2.24, 2.45) is 5.73 Å². The molecule has 0 atom stereocenters. The standard InChI is InChI=1S/C13H9N3O3/c14-7-4-9-12(5-10(7)17)19-11-2-1-6(13(15)18)3-8(11)16-9/h1-5H,14H2,(H2,15,18). The molecule has 1 heterocycles. The summed E-state index contributed by atoms with van der Waals surface area (Å²) >= 11 is 0. The molecular formula is C13H9N3O3. The molecule has 4 N–H and O–H groups in total. The Labute approximate surface area is 107 Å². The maximum Gasteiger partial charge on any atom is 0.248 e. The summed E-state index contributed by atoms with van der Waals surface area (Å²) in [6.45, 7) is 0. The molecule has 1 amide bonds. The molecule has 0 saturated carbocycles. The summed E-state index contributed by atoms with van der Waals surface area (Å²) in [7, 11) is 0. The van der Waals surface area contributed by atoms with Crippen LogP contribution in [-0.2, 0) is 0 Å². The lowest BCUT2D eigenvalue weighted by Gasteiger charge is -2.07. The van der Waals surface area contributed by atoms with Gasteiger partial charge in [0.1, 0.15) is 11.2 Å². The molecule has 0 fully saturated rings. The first kappa shape index (κ1) is 11.2. The van der Waals surface area contributed by atoms with E-state index >= 15 is 0 Å². The predicted molar refractivity (Wildman–Crippen MR) is 69.8 cm³/mol. The first-order valence-electron chi connectivity index (χ1n) is 5.48. The number of benzene rings is 2. The number of amides is 1. The molecule has 1 aromatic rings. The van der Waals surface area contributed by atoms with E-state index in [2.05, 4.69) is 4.98 Å². The lowest BCUT2D eigenvalue weighted by atomic mass is 10.1. The number of carbonyl (C=O) groups excluding carboxylic acids is 1. The fourth-order valence-corrected chi connectivity index (χ4v) is 1.83. The summed E-state index contributed by atoms with van der Waals surface area (Å²) in [5.74, 6) is -0.197. The number of hydrogen-bond donors (Lipinski definition) is 2. The van der Waals surface area contributed by atoms with Crippen molar-refractivity contribution in [1.29, 1.82) is 0 Å². The largest absolute Gasteiger partial charge is 0.453 e. The van der Waals surface area contributed by atoms with E-state index < -0.39 is 5.91 Å². The summed E-state index contributed by atoms with van der Waals surface area (Å²) in [4.78, 5) is 26.9. The summed E-state index contributed by atoms with van der Waals surface area (Å²) in [5, 5.41) is 0. The molecule has 0 radical (unpaired) electrons. The van der Waals surface area contributed by atoms with Crippen molar-refractivity contribution >= 4 is 22.7 Å². The van der Waals surface area contributed by atoms with Gasteiger partial charge in [-0.05, 0) is 24.3 Å². The zero-order valence-corrected chi connectivity index (χ0v) is 9.71. The van der Waals surface area contributed by atoms with Crippen LogP contribution in [0.1, 0.15) is 10.4 Å². The van der Waals surface area contributed by atoms with Crippen molar-refractivity contribution in [2.75, 3.05) is 5.73 Å². The van der Waals surface area contributed by atoms with E-state index in [0.717, 1.165) is 0 Å². The minimum Gasteiger partial charge on any atom is -0.453 e. The minimum absolute atomic E-state index is 0.0978. The molecule has 1 aromatic carbocycles. The number of carbonyl (C=O) groups is 1. The highest BCUT2D eigenvalue weighted by Gasteiger charge is 2.12. The van der Waals surface area contributed by atoms with Crippen LogP contribution in [0.2, 0.25) is 0 Å². The molecule has 2 aliphatic rings. The van der Waals surface area contributed by atoms with Crippen LogP contribution in [0.25, 0.3) is 22.6 Å². The van der Waals surface area contributed by atoms with Crippen LogP contribution < -0.4 is 16.9 Å². The number of rotatable bonds is 1. The number of nitrogens with zero attached hydrogens (tertiary/aromatic N) is 1. The van der Waals surface area contributed by atoms with Gasteiger partial charge in [0, 0.05) is 11.6 Å². The van der Waals surface area contributed by atoms with Gasteiger partial charge in [-0.1, -0.05) is 0 Å². The molecule has 0 saturated heterocycles. The van der Waals surface area contributed by atoms with Gasteiger partial charge in [0.15, 0.2) is 11.3 Å². The zero-order valence-electron chi connectivity index (χ0n) is 9.71. The monoisotopic (exact) mass is 255 g/mol. The topological polar surface area (TPSA) is 112 Å². The van der Waals surface area contributed by atoms with E-state index in [1.165, 1.54) is 24.3 Å². The van der Waals surface area contributed by atoms with Crippen molar-refractivity contribution in [1.82, 2.24) is 4.98 Å². The quantitative estimate of drug-likeness (QED) is 0.497. The summed E-state index contributed by atoms with van der Waals surface area (Å²) < 4.78 is 5.55. The van der Waals surface area contributed by atoms with Gasteiger partial charge in [0.2, 0.25) is 11.3 Å². The molecular weight excluding hydrogens is 246 g/mol. The van der Waals surface area contributed by atoms with Gasteiger partial charge in [0.05, 0.1) is 5.69 Å². The Morgan fingerprint density at radius 1 is 1.21 bits per heavy atom. The molecule has 0 bridgehead atoms. The van der Waals surface area contributed by atoms with Crippen LogP contribution in [0.5, 0.6) is 0 Å². The van der Waals surface area contributed by atoms with E-state index in [-0.39, 0.29) is 11.1 Å². The lowest BCUT2D eigenvalue weighted by Crippen LogP contribution is -2.11. The van der Waals surface area contributed by atoms with Crippen molar-refractivity contribution in [2.45, 2.75) is 0 Å².